The quantitative estimate of drug-likeness (QED) is 0.344. The summed E-state index contributed by atoms with van der Waals surface area (Å²) < 4.78 is 23.2. The molecule has 1 fully saturated rings. The van der Waals surface area contributed by atoms with E-state index < -0.39 is 47.7 Å². The largest absolute Gasteiger partial charge is 0.462 e. The first-order chi connectivity index (χ1) is 15.8. The van der Waals surface area contributed by atoms with Gasteiger partial charge in [-0.2, -0.15) is 0 Å². The summed E-state index contributed by atoms with van der Waals surface area (Å²) in [4.78, 5) is 49.0. The Labute approximate surface area is 201 Å². The highest BCUT2D eigenvalue weighted by molar-refractivity contribution is 5.92. The molecular formula is C26H36O8. The van der Waals surface area contributed by atoms with Crippen molar-refractivity contribution < 1.29 is 38.1 Å². The van der Waals surface area contributed by atoms with Gasteiger partial charge in [0.2, 0.25) is 0 Å². The summed E-state index contributed by atoms with van der Waals surface area (Å²) in [5.74, 6) is -1.75. The second-order valence-corrected chi connectivity index (χ2v) is 10.2. The Morgan fingerprint density at radius 1 is 0.971 bits per heavy atom. The molecule has 188 valence electrons. The van der Waals surface area contributed by atoms with E-state index in [1.807, 2.05) is 19.9 Å². The molecule has 0 saturated heterocycles. The summed E-state index contributed by atoms with van der Waals surface area (Å²) in [6.07, 6.45) is 1.34. The van der Waals surface area contributed by atoms with Crippen LogP contribution < -0.4 is 0 Å². The van der Waals surface area contributed by atoms with Crippen molar-refractivity contribution >= 4 is 23.9 Å². The Kier molecular flexibility index (Phi) is 7.58. The lowest BCUT2D eigenvalue weighted by atomic mass is 9.55. The lowest BCUT2D eigenvalue weighted by Gasteiger charge is -2.54. The van der Waals surface area contributed by atoms with Gasteiger partial charge in [0.1, 0.15) is 24.4 Å². The van der Waals surface area contributed by atoms with Crippen LogP contribution in [0.5, 0.6) is 0 Å². The lowest BCUT2D eigenvalue weighted by Crippen LogP contribution is -2.60. The molecule has 7 atom stereocenters. The maximum atomic E-state index is 12.5. The maximum absolute atomic E-state index is 12.5. The highest BCUT2D eigenvalue weighted by Gasteiger charge is 2.58. The summed E-state index contributed by atoms with van der Waals surface area (Å²) in [7, 11) is 0. The van der Waals surface area contributed by atoms with E-state index in [-0.39, 0.29) is 24.2 Å². The summed E-state index contributed by atoms with van der Waals surface area (Å²) in [6.45, 7) is 11.7. The minimum atomic E-state index is -0.879. The van der Waals surface area contributed by atoms with Gasteiger partial charge in [0.05, 0.1) is 0 Å². The molecule has 8 heteroatoms. The first kappa shape index (κ1) is 26.0. The molecule has 0 aromatic heterocycles. The molecule has 8 nitrogen and oxygen atoms in total. The van der Waals surface area contributed by atoms with Gasteiger partial charge in [-0.3, -0.25) is 14.4 Å². The fourth-order valence-corrected chi connectivity index (χ4v) is 6.09. The van der Waals surface area contributed by atoms with Crippen molar-refractivity contribution in [3.63, 3.8) is 0 Å². The molecule has 3 rings (SSSR count). The monoisotopic (exact) mass is 476 g/mol. The van der Waals surface area contributed by atoms with Gasteiger partial charge >= 0.3 is 23.9 Å². The Balaban J connectivity index is 2.26. The molecule has 0 aromatic rings. The number of rotatable bonds is 3. The van der Waals surface area contributed by atoms with E-state index in [1.165, 1.54) is 20.8 Å². The van der Waals surface area contributed by atoms with Gasteiger partial charge in [0.25, 0.3) is 0 Å². The molecule has 0 N–H and O–H groups in total. The van der Waals surface area contributed by atoms with E-state index in [2.05, 4.69) is 6.92 Å². The Hall–Kier alpha value is -2.64. The van der Waals surface area contributed by atoms with Crippen LogP contribution >= 0.6 is 0 Å². The minimum Gasteiger partial charge on any atom is -0.462 e. The van der Waals surface area contributed by atoms with Gasteiger partial charge in [-0.25, -0.2) is 4.79 Å². The third-order valence-corrected chi connectivity index (χ3v) is 7.70. The molecule has 1 aliphatic heterocycles. The van der Waals surface area contributed by atoms with Gasteiger partial charge in [-0.05, 0) is 56.6 Å². The highest BCUT2D eigenvalue weighted by Crippen LogP contribution is 2.54. The summed E-state index contributed by atoms with van der Waals surface area (Å²) in [6, 6.07) is 0. The van der Waals surface area contributed by atoms with Crippen molar-refractivity contribution in [3.05, 3.63) is 22.8 Å². The minimum absolute atomic E-state index is 0.137. The van der Waals surface area contributed by atoms with Crippen molar-refractivity contribution in [1.29, 1.82) is 0 Å². The van der Waals surface area contributed by atoms with Crippen LogP contribution in [0.1, 0.15) is 74.1 Å². The van der Waals surface area contributed by atoms with E-state index in [1.54, 1.807) is 6.92 Å². The van der Waals surface area contributed by atoms with Gasteiger partial charge < -0.3 is 18.9 Å². The molecular weight excluding hydrogens is 440 g/mol. The molecule has 0 unspecified atom stereocenters. The normalized spacial score (nSPS) is 37.4. The van der Waals surface area contributed by atoms with Crippen LogP contribution in [-0.4, -0.2) is 48.3 Å². The van der Waals surface area contributed by atoms with Crippen LogP contribution in [0.25, 0.3) is 0 Å². The van der Waals surface area contributed by atoms with E-state index in [4.69, 9.17) is 18.9 Å². The fourth-order valence-electron chi connectivity index (χ4n) is 6.09. The average Bonchev–Trinajstić information content (AvgIpc) is 2.96. The molecule has 1 saturated carbocycles. The molecule has 2 aliphatic carbocycles. The van der Waals surface area contributed by atoms with Crippen LogP contribution in [0.15, 0.2) is 22.8 Å². The summed E-state index contributed by atoms with van der Waals surface area (Å²) >= 11 is 0. The van der Waals surface area contributed by atoms with Crippen molar-refractivity contribution in [2.24, 2.45) is 17.3 Å². The van der Waals surface area contributed by atoms with Gasteiger partial charge in [0.15, 0.2) is 0 Å². The molecule has 34 heavy (non-hydrogen) atoms. The predicted octanol–water partition coefficient (Wildman–Crippen LogP) is 3.82. The zero-order valence-electron chi connectivity index (χ0n) is 21.1. The number of fused-ring (bicyclic) bond motifs is 2. The second kappa shape index (κ2) is 9.92. The van der Waals surface area contributed by atoms with E-state index >= 15 is 0 Å². The van der Waals surface area contributed by atoms with Crippen LogP contribution in [0.2, 0.25) is 0 Å². The second-order valence-electron chi connectivity index (χ2n) is 10.2. The fraction of sp³-hybridized carbons (Fsp3) is 0.692. The molecule has 0 spiro atoms. The van der Waals surface area contributed by atoms with E-state index in [9.17, 15) is 19.2 Å². The Morgan fingerprint density at radius 3 is 2.18 bits per heavy atom. The number of carbonyl (C=O) groups excluding carboxylic acids is 4. The molecule has 3 aliphatic rings. The first-order valence-corrected chi connectivity index (χ1v) is 11.9. The van der Waals surface area contributed by atoms with Crippen molar-refractivity contribution in [2.45, 2.75) is 98.6 Å². The van der Waals surface area contributed by atoms with Gasteiger partial charge in [0, 0.05) is 38.2 Å². The van der Waals surface area contributed by atoms with E-state index in [0.29, 0.717) is 18.4 Å². The van der Waals surface area contributed by atoms with Crippen LogP contribution in [-0.2, 0) is 38.1 Å². The Morgan fingerprint density at radius 2 is 1.59 bits per heavy atom. The number of hydrogen-bond acceptors (Lipinski definition) is 8. The van der Waals surface area contributed by atoms with E-state index in [0.717, 1.165) is 17.6 Å². The zero-order chi connectivity index (χ0) is 25.4. The maximum Gasteiger partial charge on any atom is 0.334 e. The van der Waals surface area contributed by atoms with Gasteiger partial charge in [-0.1, -0.05) is 19.4 Å². The number of hydrogen-bond donors (Lipinski definition) is 0. The van der Waals surface area contributed by atoms with Crippen LogP contribution in [0.4, 0.5) is 0 Å². The topological polar surface area (TPSA) is 105 Å². The molecule has 1 heterocycles. The third-order valence-electron chi connectivity index (χ3n) is 7.70. The SMILES string of the molecule is CC(=O)O[C@H]1CC[C@@H](C)[C@@H]2CC3=C(C)C(=O)O[C@H]3/C=C(/C)C[C@@H](OC(C)=O)[C@H](OC(C)=O)[C@@]12C. The predicted molar refractivity (Wildman–Crippen MR) is 122 cm³/mol. The number of ether oxygens (including phenoxy) is 4. The van der Waals surface area contributed by atoms with Crippen molar-refractivity contribution in [3.8, 4) is 0 Å². The number of esters is 4. The third kappa shape index (κ3) is 5.05. The first-order valence-electron chi connectivity index (χ1n) is 11.9. The highest BCUT2D eigenvalue weighted by atomic mass is 16.6. The standard InChI is InChI=1S/C26H36O8/c1-13-10-21-19(15(3)25(30)34-21)12-20-14(2)8-9-23(32-17(5)28)26(20,7)24(33-18(6)29)22(11-13)31-16(4)27/h10,14,20-24H,8-9,11-12H2,1-7H3/b13-10-/t14-,20+,21+,22-,23+,24+,26-/m1/s1. The summed E-state index contributed by atoms with van der Waals surface area (Å²) in [5, 5.41) is 0. The van der Waals surface area contributed by atoms with Gasteiger partial charge in [-0.15, -0.1) is 0 Å². The molecule has 0 aromatic carbocycles. The number of carbonyl (C=O) groups is 4. The van der Waals surface area contributed by atoms with Crippen molar-refractivity contribution in [1.82, 2.24) is 0 Å². The average molecular weight is 477 g/mol. The summed E-state index contributed by atoms with van der Waals surface area (Å²) in [5.41, 5.74) is 1.43. The zero-order valence-corrected chi connectivity index (χ0v) is 21.1. The Bertz CT molecular complexity index is 931. The van der Waals surface area contributed by atoms with Crippen LogP contribution in [0, 0.1) is 17.3 Å². The molecule has 0 radical (unpaired) electrons. The molecule has 0 bridgehead atoms. The lowest BCUT2D eigenvalue weighted by molar-refractivity contribution is -0.212. The molecule has 0 amide bonds. The van der Waals surface area contributed by atoms with Crippen molar-refractivity contribution in [2.75, 3.05) is 0 Å². The smallest absolute Gasteiger partial charge is 0.334 e. The van der Waals surface area contributed by atoms with Crippen LogP contribution in [0.3, 0.4) is 0 Å².